The lowest BCUT2D eigenvalue weighted by Gasteiger charge is -2.06. The van der Waals surface area contributed by atoms with Crippen LogP contribution < -0.4 is 4.74 Å². The van der Waals surface area contributed by atoms with Crippen molar-refractivity contribution in [1.29, 1.82) is 0 Å². The summed E-state index contributed by atoms with van der Waals surface area (Å²) in [6, 6.07) is 12.7. The lowest BCUT2D eigenvalue weighted by atomic mass is 10.1. The number of pyridine rings is 1. The molecule has 110 valence electrons. The van der Waals surface area contributed by atoms with Crippen LogP contribution in [0.15, 0.2) is 42.5 Å². The molecule has 3 heteroatoms. The van der Waals surface area contributed by atoms with E-state index in [0.29, 0.717) is 11.3 Å². The standard InChI is InChI=1S/C18H21NO2/c1-3-4-5-13-21-16-11-9-15(10-12-16)18(20)17-8-6-7-14(2)19-17/h6-12H,3-5,13H2,1-2H3. The summed E-state index contributed by atoms with van der Waals surface area (Å²) in [6.45, 7) is 4.77. The summed E-state index contributed by atoms with van der Waals surface area (Å²) in [7, 11) is 0. The van der Waals surface area contributed by atoms with E-state index in [0.717, 1.165) is 24.5 Å². The van der Waals surface area contributed by atoms with Crippen LogP contribution >= 0.6 is 0 Å². The van der Waals surface area contributed by atoms with Gasteiger partial charge in [0, 0.05) is 11.3 Å². The summed E-state index contributed by atoms with van der Waals surface area (Å²) in [5, 5.41) is 0. The van der Waals surface area contributed by atoms with Crippen LogP contribution in [0.5, 0.6) is 5.75 Å². The van der Waals surface area contributed by atoms with Gasteiger partial charge in [-0.1, -0.05) is 25.8 Å². The highest BCUT2D eigenvalue weighted by atomic mass is 16.5. The maximum Gasteiger partial charge on any atom is 0.211 e. The minimum absolute atomic E-state index is 0.0590. The van der Waals surface area contributed by atoms with Crippen molar-refractivity contribution >= 4 is 5.78 Å². The van der Waals surface area contributed by atoms with Crippen LogP contribution in [0.25, 0.3) is 0 Å². The van der Waals surface area contributed by atoms with Crippen LogP contribution in [0.1, 0.15) is 47.9 Å². The molecular weight excluding hydrogens is 262 g/mol. The lowest BCUT2D eigenvalue weighted by Crippen LogP contribution is -2.05. The van der Waals surface area contributed by atoms with Gasteiger partial charge in [0.05, 0.1) is 6.61 Å². The maximum atomic E-state index is 12.3. The number of hydrogen-bond acceptors (Lipinski definition) is 3. The Balaban J connectivity index is 2.00. The number of unbranched alkanes of at least 4 members (excludes halogenated alkanes) is 2. The molecule has 0 aliphatic rings. The molecule has 2 rings (SSSR count). The largest absolute Gasteiger partial charge is 0.494 e. The topological polar surface area (TPSA) is 39.2 Å². The van der Waals surface area contributed by atoms with Crippen molar-refractivity contribution in [2.45, 2.75) is 33.1 Å². The first kappa shape index (κ1) is 15.2. The summed E-state index contributed by atoms with van der Waals surface area (Å²) in [4.78, 5) is 16.6. The first-order valence-electron chi connectivity index (χ1n) is 7.42. The van der Waals surface area contributed by atoms with Crippen LogP contribution in [0.3, 0.4) is 0 Å². The molecule has 0 N–H and O–H groups in total. The Labute approximate surface area is 126 Å². The van der Waals surface area contributed by atoms with Crippen molar-refractivity contribution < 1.29 is 9.53 Å². The number of rotatable bonds is 7. The predicted octanol–water partition coefficient (Wildman–Crippen LogP) is 4.19. The van der Waals surface area contributed by atoms with E-state index < -0.39 is 0 Å². The number of carbonyl (C=O) groups is 1. The third kappa shape index (κ3) is 4.42. The average molecular weight is 283 g/mol. The molecule has 0 aliphatic carbocycles. The fourth-order valence-corrected chi connectivity index (χ4v) is 2.06. The number of aromatic nitrogens is 1. The minimum Gasteiger partial charge on any atom is -0.494 e. The van der Waals surface area contributed by atoms with Crippen molar-refractivity contribution in [3.8, 4) is 5.75 Å². The van der Waals surface area contributed by atoms with Crippen molar-refractivity contribution in [3.05, 3.63) is 59.4 Å². The summed E-state index contributed by atoms with van der Waals surface area (Å²) in [6.07, 6.45) is 3.42. The first-order chi connectivity index (χ1) is 10.2. The second kappa shape index (κ2) is 7.58. The van der Waals surface area contributed by atoms with E-state index in [1.165, 1.54) is 12.8 Å². The number of ether oxygens (including phenoxy) is 1. The Kier molecular flexibility index (Phi) is 5.50. The monoisotopic (exact) mass is 283 g/mol. The van der Waals surface area contributed by atoms with Gasteiger partial charge in [-0.25, -0.2) is 4.98 Å². The molecule has 1 aromatic heterocycles. The minimum atomic E-state index is -0.0590. The molecular formula is C18H21NO2. The number of benzene rings is 1. The molecule has 0 unspecified atom stereocenters. The van der Waals surface area contributed by atoms with Gasteiger partial charge in [0.2, 0.25) is 5.78 Å². The van der Waals surface area contributed by atoms with Gasteiger partial charge in [0.15, 0.2) is 0 Å². The van der Waals surface area contributed by atoms with Crippen LogP contribution in [0.2, 0.25) is 0 Å². The summed E-state index contributed by atoms with van der Waals surface area (Å²) in [5.74, 6) is 0.746. The predicted molar refractivity (Wildman–Crippen MR) is 83.9 cm³/mol. The Hall–Kier alpha value is -2.16. The number of carbonyl (C=O) groups excluding carboxylic acids is 1. The zero-order valence-electron chi connectivity index (χ0n) is 12.6. The fraction of sp³-hybridized carbons (Fsp3) is 0.333. The van der Waals surface area contributed by atoms with E-state index in [4.69, 9.17) is 4.74 Å². The highest BCUT2D eigenvalue weighted by molar-refractivity contribution is 6.07. The van der Waals surface area contributed by atoms with Gasteiger partial charge < -0.3 is 4.74 Å². The molecule has 21 heavy (non-hydrogen) atoms. The summed E-state index contributed by atoms with van der Waals surface area (Å²) < 4.78 is 5.64. The van der Waals surface area contributed by atoms with Crippen molar-refractivity contribution in [2.75, 3.05) is 6.61 Å². The normalized spacial score (nSPS) is 10.4. The van der Waals surface area contributed by atoms with Gasteiger partial charge in [-0.15, -0.1) is 0 Å². The molecule has 0 bridgehead atoms. The van der Waals surface area contributed by atoms with Gasteiger partial charge in [0.1, 0.15) is 11.4 Å². The zero-order valence-corrected chi connectivity index (χ0v) is 12.6. The summed E-state index contributed by atoms with van der Waals surface area (Å²) in [5.41, 5.74) is 1.96. The third-order valence-corrected chi connectivity index (χ3v) is 3.25. The highest BCUT2D eigenvalue weighted by Crippen LogP contribution is 2.15. The number of ketones is 1. The molecule has 0 atom stereocenters. The van der Waals surface area contributed by atoms with Crippen LogP contribution in [0, 0.1) is 6.92 Å². The van der Waals surface area contributed by atoms with Crippen molar-refractivity contribution in [2.24, 2.45) is 0 Å². The van der Waals surface area contributed by atoms with E-state index in [1.54, 1.807) is 18.2 Å². The van der Waals surface area contributed by atoms with Crippen molar-refractivity contribution in [3.63, 3.8) is 0 Å². The van der Waals surface area contributed by atoms with Gasteiger partial charge in [-0.2, -0.15) is 0 Å². The average Bonchev–Trinajstić information content (AvgIpc) is 2.51. The van der Waals surface area contributed by atoms with Crippen LogP contribution in [0.4, 0.5) is 0 Å². The van der Waals surface area contributed by atoms with E-state index in [-0.39, 0.29) is 5.78 Å². The molecule has 0 saturated heterocycles. The molecule has 0 spiro atoms. The maximum absolute atomic E-state index is 12.3. The van der Waals surface area contributed by atoms with Gasteiger partial charge in [-0.05, 0) is 49.7 Å². The second-order valence-electron chi connectivity index (χ2n) is 5.07. The third-order valence-electron chi connectivity index (χ3n) is 3.25. The molecule has 0 radical (unpaired) electrons. The molecule has 1 aromatic carbocycles. The number of aryl methyl sites for hydroxylation is 1. The lowest BCUT2D eigenvalue weighted by molar-refractivity contribution is 0.103. The molecule has 1 heterocycles. The molecule has 3 nitrogen and oxygen atoms in total. The quantitative estimate of drug-likeness (QED) is 0.565. The Morgan fingerprint density at radius 3 is 2.52 bits per heavy atom. The smallest absolute Gasteiger partial charge is 0.211 e. The van der Waals surface area contributed by atoms with E-state index in [2.05, 4.69) is 11.9 Å². The van der Waals surface area contributed by atoms with Gasteiger partial charge in [0.25, 0.3) is 0 Å². The van der Waals surface area contributed by atoms with Crippen molar-refractivity contribution in [1.82, 2.24) is 4.98 Å². The zero-order chi connectivity index (χ0) is 15.1. The van der Waals surface area contributed by atoms with Gasteiger partial charge >= 0.3 is 0 Å². The van der Waals surface area contributed by atoms with E-state index >= 15 is 0 Å². The Bertz CT molecular complexity index is 590. The SMILES string of the molecule is CCCCCOc1ccc(C(=O)c2cccc(C)n2)cc1. The molecule has 0 aliphatic heterocycles. The number of hydrogen-bond donors (Lipinski definition) is 0. The Morgan fingerprint density at radius 2 is 1.86 bits per heavy atom. The molecule has 0 fully saturated rings. The van der Waals surface area contributed by atoms with Crippen LogP contribution in [-0.2, 0) is 0 Å². The molecule has 0 saturated carbocycles. The fourth-order valence-electron chi connectivity index (χ4n) is 2.06. The summed E-state index contributed by atoms with van der Waals surface area (Å²) >= 11 is 0. The second-order valence-corrected chi connectivity index (χ2v) is 5.07. The van der Waals surface area contributed by atoms with Gasteiger partial charge in [-0.3, -0.25) is 4.79 Å². The van der Waals surface area contributed by atoms with E-state index in [9.17, 15) is 4.79 Å². The molecule has 2 aromatic rings. The van der Waals surface area contributed by atoms with Crippen LogP contribution in [-0.4, -0.2) is 17.4 Å². The molecule has 0 amide bonds. The highest BCUT2D eigenvalue weighted by Gasteiger charge is 2.10. The van der Waals surface area contributed by atoms with E-state index in [1.807, 2.05) is 31.2 Å². The number of nitrogens with zero attached hydrogens (tertiary/aromatic N) is 1. The Morgan fingerprint density at radius 1 is 1.10 bits per heavy atom. The first-order valence-corrected chi connectivity index (χ1v) is 7.42.